The normalized spacial score (nSPS) is 25.6. The van der Waals surface area contributed by atoms with Crippen molar-refractivity contribution in [3.8, 4) is 0 Å². The van der Waals surface area contributed by atoms with Gasteiger partial charge < -0.3 is 4.90 Å². The Labute approximate surface area is 158 Å². The first kappa shape index (κ1) is 17.8. The minimum atomic E-state index is 0.528. The van der Waals surface area contributed by atoms with E-state index in [1.165, 1.54) is 63.0 Å². The standard InChI is InChI=1S/C24H32N2/c1-20(22-11-6-3-7-12-22)26-18-15-23-13-8-16-25(19-24(23)26)17-14-21-9-4-2-5-10-21/h2-7,9-12,20,23-24H,8,13-19H2,1H3/t20-,23+,24+/m0/s1. The van der Waals surface area contributed by atoms with E-state index >= 15 is 0 Å². The highest BCUT2D eigenvalue weighted by atomic mass is 15.3. The van der Waals surface area contributed by atoms with Crippen LogP contribution in [0.2, 0.25) is 0 Å². The molecule has 2 aliphatic heterocycles. The Morgan fingerprint density at radius 1 is 0.923 bits per heavy atom. The van der Waals surface area contributed by atoms with Crippen LogP contribution in [-0.2, 0) is 6.42 Å². The second-order valence-electron chi connectivity index (χ2n) is 8.12. The van der Waals surface area contributed by atoms with Gasteiger partial charge in [0.05, 0.1) is 0 Å². The first-order chi connectivity index (χ1) is 12.8. The predicted molar refractivity (Wildman–Crippen MR) is 109 cm³/mol. The summed E-state index contributed by atoms with van der Waals surface area (Å²) in [4.78, 5) is 5.52. The largest absolute Gasteiger partial charge is 0.301 e. The van der Waals surface area contributed by atoms with E-state index < -0.39 is 0 Å². The Balaban J connectivity index is 1.42. The molecule has 0 amide bonds. The topological polar surface area (TPSA) is 6.48 Å². The lowest BCUT2D eigenvalue weighted by atomic mass is 9.95. The van der Waals surface area contributed by atoms with Gasteiger partial charge in [-0.1, -0.05) is 60.7 Å². The van der Waals surface area contributed by atoms with E-state index in [-0.39, 0.29) is 0 Å². The molecule has 0 bridgehead atoms. The van der Waals surface area contributed by atoms with Crippen LogP contribution < -0.4 is 0 Å². The Morgan fingerprint density at radius 3 is 2.42 bits per heavy atom. The van der Waals surface area contributed by atoms with Gasteiger partial charge in [-0.05, 0) is 62.7 Å². The molecule has 0 saturated carbocycles. The molecule has 0 aromatic heterocycles. The monoisotopic (exact) mass is 348 g/mol. The van der Waals surface area contributed by atoms with Crippen LogP contribution in [0.15, 0.2) is 60.7 Å². The van der Waals surface area contributed by atoms with Gasteiger partial charge in [-0.3, -0.25) is 4.90 Å². The van der Waals surface area contributed by atoms with Crippen LogP contribution in [0.1, 0.15) is 43.4 Å². The summed E-state index contributed by atoms with van der Waals surface area (Å²) < 4.78 is 0. The molecule has 4 rings (SSSR count). The quantitative estimate of drug-likeness (QED) is 0.767. The first-order valence-corrected chi connectivity index (χ1v) is 10.4. The smallest absolute Gasteiger partial charge is 0.0323 e. The van der Waals surface area contributed by atoms with Crippen molar-refractivity contribution in [3.05, 3.63) is 71.8 Å². The minimum Gasteiger partial charge on any atom is -0.301 e. The minimum absolute atomic E-state index is 0.528. The summed E-state index contributed by atoms with van der Waals surface area (Å²) in [7, 11) is 0. The maximum Gasteiger partial charge on any atom is 0.0323 e. The van der Waals surface area contributed by atoms with Gasteiger partial charge >= 0.3 is 0 Å². The molecule has 0 radical (unpaired) electrons. The third-order valence-corrected chi connectivity index (χ3v) is 6.56. The number of fused-ring (bicyclic) bond motifs is 1. The molecule has 2 nitrogen and oxygen atoms in total. The van der Waals surface area contributed by atoms with Crippen molar-refractivity contribution in [2.75, 3.05) is 26.2 Å². The van der Waals surface area contributed by atoms with E-state index in [1.54, 1.807) is 0 Å². The van der Waals surface area contributed by atoms with Crippen molar-refractivity contribution in [2.45, 2.75) is 44.7 Å². The maximum atomic E-state index is 2.79. The van der Waals surface area contributed by atoms with Crippen molar-refractivity contribution in [1.29, 1.82) is 0 Å². The number of hydrogen-bond donors (Lipinski definition) is 0. The zero-order valence-electron chi connectivity index (χ0n) is 16.1. The molecule has 2 heteroatoms. The van der Waals surface area contributed by atoms with Gasteiger partial charge in [-0.25, -0.2) is 0 Å². The molecule has 2 aromatic carbocycles. The van der Waals surface area contributed by atoms with Crippen LogP contribution in [0, 0.1) is 5.92 Å². The Kier molecular flexibility index (Phi) is 5.72. The summed E-state index contributed by atoms with van der Waals surface area (Å²) in [5.41, 5.74) is 2.93. The fraction of sp³-hybridized carbons (Fsp3) is 0.500. The summed E-state index contributed by atoms with van der Waals surface area (Å²) in [6.45, 7) is 7.37. The molecule has 2 aliphatic rings. The Hall–Kier alpha value is -1.64. The van der Waals surface area contributed by atoms with Crippen molar-refractivity contribution in [1.82, 2.24) is 9.80 Å². The van der Waals surface area contributed by atoms with Crippen LogP contribution >= 0.6 is 0 Å². The highest BCUT2D eigenvalue weighted by Crippen LogP contribution is 2.36. The molecule has 2 fully saturated rings. The van der Waals surface area contributed by atoms with Gasteiger partial charge in [0.1, 0.15) is 0 Å². The highest BCUT2D eigenvalue weighted by Gasteiger charge is 2.38. The fourth-order valence-corrected chi connectivity index (χ4v) is 5.01. The summed E-state index contributed by atoms with van der Waals surface area (Å²) >= 11 is 0. The number of hydrogen-bond acceptors (Lipinski definition) is 2. The third-order valence-electron chi connectivity index (χ3n) is 6.56. The van der Waals surface area contributed by atoms with E-state index in [0.29, 0.717) is 6.04 Å². The van der Waals surface area contributed by atoms with E-state index in [0.717, 1.165) is 12.0 Å². The lowest BCUT2D eigenvalue weighted by Crippen LogP contribution is -2.43. The fourth-order valence-electron chi connectivity index (χ4n) is 5.01. The molecule has 138 valence electrons. The van der Waals surface area contributed by atoms with Crippen LogP contribution in [0.3, 0.4) is 0 Å². The zero-order chi connectivity index (χ0) is 17.8. The van der Waals surface area contributed by atoms with Gasteiger partial charge in [0.15, 0.2) is 0 Å². The molecular formula is C24H32N2. The molecule has 0 aliphatic carbocycles. The molecule has 0 spiro atoms. The summed E-state index contributed by atoms with van der Waals surface area (Å²) in [6.07, 6.45) is 5.33. The third kappa shape index (κ3) is 4.02. The molecule has 3 atom stereocenters. The SMILES string of the molecule is C[C@@H](c1ccccc1)N1CC[C@H]2CCCN(CCc3ccccc3)C[C@H]21. The number of nitrogens with zero attached hydrogens (tertiary/aromatic N) is 2. The van der Waals surface area contributed by atoms with Gasteiger partial charge in [-0.2, -0.15) is 0 Å². The predicted octanol–water partition coefficient (Wildman–Crippen LogP) is 4.78. The highest BCUT2D eigenvalue weighted by molar-refractivity contribution is 5.19. The van der Waals surface area contributed by atoms with E-state index in [1.807, 2.05) is 0 Å². The van der Waals surface area contributed by atoms with Gasteiger partial charge in [-0.15, -0.1) is 0 Å². The van der Waals surface area contributed by atoms with Crippen LogP contribution in [0.4, 0.5) is 0 Å². The summed E-state index contributed by atoms with van der Waals surface area (Å²) in [6, 6.07) is 23.3. The number of rotatable bonds is 5. The molecular weight excluding hydrogens is 316 g/mol. The van der Waals surface area contributed by atoms with Crippen LogP contribution in [0.5, 0.6) is 0 Å². The molecule has 2 heterocycles. The average Bonchev–Trinajstić information content (AvgIpc) is 2.98. The molecule has 2 aromatic rings. The summed E-state index contributed by atoms with van der Waals surface area (Å²) in [5.74, 6) is 0.892. The van der Waals surface area contributed by atoms with Crippen molar-refractivity contribution >= 4 is 0 Å². The van der Waals surface area contributed by atoms with E-state index in [2.05, 4.69) is 77.4 Å². The molecule has 26 heavy (non-hydrogen) atoms. The van der Waals surface area contributed by atoms with Crippen LogP contribution in [0.25, 0.3) is 0 Å². The average molecular weight is 349 g/mol. The first-order valence-electron chi connectivity index (χ1n) is 10.4. The maximum absolute atomic E-state index is 2.79. The second-order valence-corrected chi connectivity index (χ2v) is 8.12. The second kappa shape index (κ2) is 8.37. The summed E-state index contributed by atoms with van der Waals surface area (Å²) in [5, 5.41) is 0. The van der Waals surface area contributed by atoms with Gasteiger partial charge in [0, 0.05) is 25.2 Å². The van der Waals surface area contributed by atoms with E-state index in [9.17, 15) is 0 Å². The number of benzene rings is 2. The molecule has 0 unspecified atom stereocenters. The number of likely N-dealkylation sites (tertiary alicyclic amines) is 2. The van der Waals surface area contributed by atoms with Gasteiger partial charge in [0.2, 0.25) is 0 Å². The van der Waals surface area contributed by atoms with Crippen molar-refractivity contribution in [2.24, 2.45) is 5.92 Å². The molecule has 2 saturated heterocycles. The van der Waals surface area contributed by atoms with E-state index in [4.69, 9.17) is 0 Å². The zero-order valence-corrected chi connectivity index (χ0v) is 16.1. The van der Waals surface area contributed by atoms with Crippen LogP contribution in [-0.4, -0.2) is 42.0 Å². The van der Waals surface area contributed by atoms with Crippen molar-refractivity contribution < 1.29 is 0 Å². The van der Waals surface area contributed by atoms with Crippen molar-refractivity contribution in [3.63, 3.8) is 0 Å². The lowest BCUT2D eigenvalue weighted by molar-refractivity contribution is 0.134. The lowest BCUT2D eigenvalue weighted by Gasteiger charge is -2.35. The Morgan fingerprint density at radius 2 is 1.65 bits per heavy atom. The Bertz CT molecular complexity index is 669. The molecule has 0 N–H and O–H groups in total. The van der Waals surface area contributed by atoms with Gasteiger partial charge in [0.25, 0.3) is 0 Å².